The molecule has 2 N–H and O–H groups in total. The van der Waals surface area contributed by atoms with Crippen LogP contribution in [0, 0.1) is 0 Å². The van der Waals surface area contributed by atoms with Crippen molar-refractivity contribution in [3.63, 3.8) is 0 Å². The number of nitrogens with zero attached hydrogens (tertiary/aromatic N) is 3. The lowest BCUT2D eigenvalue weighted by atomic mass is 10.1. The van der Waals surface area contributed by atoms with Crippen LogP contribution in [0.15, 0.2) is 48.7 Å². The Hall–Kier alpha value is -3.15. The lowest BCUT2D eigenvalue weighted by molar-refractivity contribution is 0.0963. The van der Waals surface area contributed by atoms with Crippen molar-refractivity contribution in [2.45, 2.75) is 6.54 Å². The predicted molar refractivity (Wildman–Crippen MR) is 101 cm³/mol. The number of rotatable bonds is 5. The van der Waals surface area contributed by atoms with E-state index in [2.05, 4.69) is 32.7 Å². The molecule has 0 saturated heterocycles. The zero-order valence-corrected chi connectivity index (χ0v) is 14.6. The molecule has 0 bridgehead atoms. The Labute approximate surface area is 146 Å². The first kappa shape index (κ1) is 16.7. The summed E-state index contributed by atoms with van der Waals surface area (Å²) in [4.78, 5) is 22.9. The number of carbonyl (C=O) groups excluding carboxylic acids is 1. The summed E-state index contributed by atoms with van der Waals surface area (Å²) in [5.74, 6) is 1.29. The Bertz CT molecular complexity index is 907. The zero-order valence-electron chi connectivity index (χ0n) is 14.6. The van der Waals surface area contributed by atoms with E-state index in [0.717, 1.165) is 22.3 Å². The number of carbonyl (C=O) groups is 1. The number of hydrogen-bond donors (Lipinski definition) is 2. The van der Waals surface area contributed by atoms with Gasteiger partial charge in [-0.1, -0.05) is 18.2 Å². The molecule has 25 heavy (non-hydrogen) atoms. The summed E-state index contributed by atoms with van der Waals surface area (Å²) in [7, 11) is 5.55. The largest absolute Gasteiger partial charge is 0.365 e. The zero-order chi connectivity index (χ0) is 17.8. The van der Waals surface area contributed by atoms with Crippen LogP contribution in [0.1, 0.15) is 15.9 Å². The Morgan fingerprint density at radius 3 is 2.72 bits per heavy atom. The fourth-order valence-electron chi connectivity index (χ4n) is 2.65. The molecule has 2 aromatic heterocycles. The number of amides is 1. The molecule has 0 spiro atoms. The topological polar surface area (TPSA) is 70.2 Å². The monoisotopic (exact) mass is 335 g/mol. The van der Waals surface area contributed by atoms with Crippen LogP contribution in [0.3, 0.4) is 0 Å². The predicted octanol–water partition coefficient (Wildman–Crippen LogP) is 2.67. The maximum absolute atomic E-state index is 12.0. The number of benzene rings is 1. The normalized spacial score (nSPS) is 10.5. The van der Waals surface area contributed by atoms with E-state index in [0.29, 0.717) is 17.9 Å². The van der Waals surface area contributed by atoms with Crippen LogP contribution in [0.25, 0.3) is 10.9 Å². The third-order valence-corrected chi connectivity index (χ3v) is 3.97. The molecule has 3 rings (SSSR count). The molecule has 1 amide bonds. The van der Waals surface area contributed by atoms with E-state index in [1.165, 1.54) is 0 Å². The summed E-state index contributed by atoms with van der Waals surface area (Å²) in [6, 6.07) is 13.6. The fraction of sp³-hybridized carbons (Fsp3) is 0.211. The standard InChI is InChI=1S/C19H21N5O/c1-20-19(25)15-8-6-10-21-18(15)22-12-13-11-17(24(2)3)23-16-9-5-4-7-14(13)16/h4-11H,12H2,1-3H3,(H,20,25)(H,21,22). The van der Waals surface area contributed by atoms with Gasteiger partial charge < -0.3 is 15.5 Å². The van der Waals surface area contributed by atoms with Gasteiger partial charge in [-0.3, -0.25) is 4.79 Å². The van der Waals surface area contributed by atoms with Crippen LogP contribution in [-0.4, -0.2) is 37.0 Å². The average Bonchev–Trinajstić information content (AvgIpc) is 2.65. The second-order valence-electron chi connectivity index (χ2n) is 5.88. The average molecular weight is 335 g/mol. The third-order valence-electron chi connectivity index (χ3n) is 3.97. The van der Waals surface area contributed by atoms with Crippen LogP contribution in [0.5, 0.6) is 0 Å². The van der Waals surface area contributed by atoms with E-state index in [1.54, 1.807) is 25.4 Å². The molecule has 1 aromatic carbocycles. The lowest BCUT2D eigenvalue weighted by Crippen LogP contribution is -2.20. The summed E-state index contributed by atoms with van der Waals surface area (Å²) >= 11 is 0. The highest BCUT2D eigenvalue weighted by molar-refractivity contribution is 5.98. The molecule has 6 heteroatoms. The second-order valence-corrected chi connectivity index (χ2v) is 5.88. The van der Waals surface area contributed by atoms with Crippen LogP contribution < -0.4 is 15.5 Å². The second kappa shape index (κ2) is 7.17. The summed E-state index contributed by atoms with van der Waals surface area (Å²) in [6.07, 6.45) is 1.67. The van der Waals surface area contributed by atoms with Crippen LogP contribution in [0.4, 0.5) is 11.6 Å². The smallest absolute Gasteiger partial charge is 0.254 e. The molecule has 6 nitrogen and oxygen atoms in total. The highest BCUT2D eigenvalue weighted by Crippen LogP contribution is 2.23. The minimum Gasteiger partial charge on any atom is -0.365 e. The molecule has 2 heterocycles. The summed E-state index contributed by atoms with van der Waals surface area (Å²) < 4.78 is 0. The van der Waals surface area contributed by atoms with Gasteiger partial charge in [0.25, 0.3) is 5.91 Å². The molecule has 0 fully saturated rings. The molecular weight excluding hydrogens is 314 g/mol. The molecule has 128 valence electrons. The van der Waals surface area contributed by atoms with Crippen molar-refractivity contribution >= 4 is 28.4 Å². The van der Waals surface area contributed by atoms with Crippen LogP contribution in [-0.2, 0) is 6.54 Å². The first-order valence-corrected chi connectivity index (χ1v) is 8.07. The molecule has 0 aliphatic rings. The molecule has 0 unspecified atom stereocenters. The van der Waals surface area contributed by atoms with Crippen molar-refractivity contribution < 1.29 is 4.79 Å². The minimum absolute atomic E-state index is 0.163. The number of nitrogens with one attached hydrogen (secondary N) is 2. The third kappa shape index (κ3) is 3.52. The van der Waals surface area contributed by atoms with E-state index >= 15 is 0 Å². The van der Waals surface area contributed by atoms with Crippen LogP contribution in [0.2, 0.25) is 0 Å². The van der Waals surface area contributed by atoms with E-state index in [9.17, 15) is 4.79 Å². The quantitative estimate of drug-likeness (QED) is 0.750. The fourth-order valence-corrected chi connectivity index (χ4v) is 2.65. The van der Waals surface area contributed by atoms with Crippen LogP contribution >= 0.6 is 0 Å². The van der Waals surface area contributed by atoms with Gasteiger partial charge >= 0.3 is 0 Å². The Balaban J connectivity index is 1.95. The van der Waals surface area contributed by atoms with Crippen molar-refractivity contribution in [3.8, 4) is 0 Å². The summed E-state index contributed by atoms with van der Waals surface area (Å²) in [6.45, 7) is 0.547. The first-order chi connectivity index (χ1) is 12.1. The van der Waals surface area contributed by atoms with Crippen molar-refractivity contribution in [3.05, 3.63) is 59.8 Å². The summed E-state index contributed by atoms with van der Waals surface area (Å²) in [5.41, 5.74) is 2.57. The molecule has 0 aliphatic heterocycles. The van der Waals surface area contributed by atoms with Crippen molar-refractivity contribution in [1.82, 2.24) is 15.3 Å². The minimum atomic E-state index is -0.163. The highest BCUT2D eigenvalue weighted by Gasteiger charge is 2.12. The number of para-hydroxylation sites is 1. The maximum Gasteiger partial charge on any atom is 0.254 e. The van der Waals surface area contributed by atoms with Gasteiger partial charge in [-0.15, -0.1) is 0 Å². The maximum atomic E-state index is 12.0. The molecule has 0 saturated carbocycles. The van der Waals surface area contributed by atoms with E-state index in [4.69, 9.17) is 0 Å². The van der Waals surface area contributed by atoms with Gasteiger partial charge in [0, 0.05) is 39.3 Å². The Morgan fingerprint density at radius 1 is 1.16 bits per heavy atom. The number of aromatic nitrogens is 2. The Morgan fingerprint density at radius 2 is 1.96 bits per heavy atom. The molecular formula is C19H21N5O. The molecule has 0 radical (unpaired) electrons. The van der Waals surface area contributed by atoms with Gasteiger partial charge in [-0.2, -0.15) is 0 Å². The van der Waals surface area contributed by atoms with Crippen molar-refractivity contribution in [1.29, 1.82) is 0 Å². The first-order valence-electron chi connectivity index (χ1n) is 8.07. The van der Waals surface area contributed by atoms with Gasteiger partial charge in [-0.25, -0.2) is 9.97 Å². The van der Waals surface area contributed by atoms with Gasteiger partial charge in [0.1, 0.15) is 11.6 Å². The van der Waals surface area contributed by atoms with E-state index < -0.39 is 0 Å². The molecule has 3 aromatic rings. The Kier molecular flexibility index (Phi) is 4.79. The summed E-state index contributed by atoms with van der Waals surface area (Å²) in [5, 5.41) is 7.00. The SMILES string of the molecule is CNC(=O)c1cccnc1NCc1cc(N(C)C)nc2ccccc12. The lowest BCUT2D eigenvalue weighted by Gasteiger charge is -2.16. The van der Waals surface area contributed by atoms with E-state index in [1.807, 2.05) is 37.2 Å². The molecule has 0 atom stereocenters. The molecule has 0 aliphatic carbocycles. The van der Waals surface area contributed by atoms with Gasteiger partial charge in [0.05, 0.1) is 11.1 Å². The van der Waals surface area contributed by atoms with Gasteiger partial charge in [-0.05, 0) is 29.8 Å². The number of anilines is 2. The number of fused-ring (bicyclic) bond motifs is 1. The van der Waals surface area contributed by atoms with E-state index in [-0.39, 0.29) is 5.91 Å². The van der Waals surface area contributed by atoms with Crippen molar-refractivity contribution in [2.75, 3.05) is 31.4 Å². The van der Waals surface area contributed by atoms with Crippen molar-refractivity contribution in [2.24, 2.45) is 0 Å². The number of pyridine rings is 2. The highest BCUT2D eigenvalue weighted by atomic mass is 16.1. The number of hydrogen-bond acceptors (Lipinski definition) is 5. The van der Waals surface area contributed by atoms with Gasteiger partial charge in [0.15, 0.2) is 0 Å². The van der Waals surface area contributed by atoms with Gasteiger partial charge in [0.2, 0.25) is 0 Å².